The molecule has 1 saturated heterocycles. The minimum absolute atomic E-state index is 0.00322. The van der Waals surface area contributed by atoms with Gasteiger partial charge < -0.3 is 4.74 Å². The first-order valence-electron chi connectivity index (χ1n) is 10.0. The van der Waals surface area contributed by atoms with Gasteiger partial charge in [0.1, 0.15) is 17.1 Å². The van der Waals surface area contributed by atoms with Gasteiger partial charge in [0.15, 0.2) is 5.11 Å². The molecule has 1 N–H and O–H groups in total. The summed E-state index contributed by atoms with van der Waals surface area (Å²) in [7, 11) is 0. The summed E-state index contributed by atoms with van der Waals surface area (Å²) in [4.78, 5) is 35.8. The number of nitrogens with one attached hydrogen (secondary N) is 1. The predicted molar refractivity (Wildman–Crippen MR) is 129 cm³/mol. The van der Waals surface area contributed by atoms with E-state index in [1.54, 1.807) is 24.3 Å². The Bertz CT molecular complexity index is 1420. The summed E-state index contributed by atoms with van der Waals surface area (Å²) in [5.41, 5.74) is 2.20. The van der Waals surface area contributed by atoms with Crippen molar-refractivity contribution >= 4 is 51.9 Å². The number of rotatable bonds is 4. The van der Waals surface area contributed by atoms with Crippen LogP contribution in [0.5, 0.6) is 11.5 Å². The van der Waals surface area contributed by atoms with Crippen LogP contribution in [0, 0.1) is 0 Å². The van der Waals surface area contributed by atoms with Crippen LogP contribution in [-0.2, 0) is 9.59 Å². The number of benzene rings is 3. The van der Waals surface area contributed by atoms with Crippen molar-refractivity contribution in [2.45, 2.75) is 0 Å². The molecule has 1 aromatic heterocycles. The Hall–Kier alpha value is -4.43. The maximum absolute atomic E-state index is 13.2. The SMILES string of the molecule is O=C1NC(=S)N(c2ccc(Oc3ccccc3)cc2)C(=O)C1=Cc1cnc2ccccc2n1. The van der Waals surface area contributed by atoms with Crippen LogP contribution < -0.4 is 15.0 Å². The number of carbonyl (C=O) groups is 2. The van der Waals surface area contributed by atoms with E-state index in [0.717, 1.165) is 5.52 Å². The quantitative estimate of drug-likeness (QED) is 0.283. The van der Waals surface area contributed by atoms with E-state index in [2.05, 4.69) is 15.3 Å². The molecule has 2 heterocycles. The van der Waals surface area contributed by atoms with E-state index >= 15 is 0 Å². The number of anilines is 1. The van der Waals surface area contributed by atoms with Crippen molar-refractivity contribution in [2.75, 3.05) is 4.90 Å². The number of ether oxygens (including phenoxy) is 1. The molecule has 0 saturated carbocycles. The summed E-state index contributed by atoms with van der Waals surface area (Å²) in [5, 5.41) is 2.57. The van der Waals surface area contributed by atoms with Crippen molar-refractivity contribution in [2.24, 2.45) is 0 Å². The van der Waals surface area contributed by atoms with E-state index in [1.807, 2.05) is 54.6 Å². The molecule has 1 aliphatic heterocycles. The van der Waals surface area contributed by atoms with Gasteiger partial charge in [-0.15, -0.1) is 0 Å². The van der Waals surface area contributed by atoms with Gasteiger partial charge in [-0.2, -0.15) is 0 Å². The molecule has 2 amide bonds. The lowest BCUT2D eigenvalue weighted by molar-refractivity contribution is -0.122. The number of hydrogen-bond donors (Lipinski definition) is 1. The number of amides is 2. The number of thiocarbonyl (C=S) groups is 1. The summed E-state index contributed by atoms with van der Waals surface area (Å²) in [6.45, 7) is 0. The number of aromatic nitrogens is 2. The molecule has 160 valence electrons. The topological polar surface area (TPSA) is 84.4 Å². The normalized spacial score (nSPS) is 15.1. The van der Waals surface area contributed by atoms with Gasteiger partial charge in [-0.1, -0.05) is 30.3 Å². The summed E-state index contributed by atoms with van der Waals surface area (Å²) in [5.74, 6) is 0.172. The Labute approximate surface area is 194 Å². The van der Waals surface area contributed by atoms with Gasteiger partial charge in [0.2, 0.25) is 0 Å². The van der Waals surface area contributed by atoms with Crippen LogP contribution >= 0.6 is 12.2 Å². The minimum atomic E-state index is -0.583. The number of nitrogens with zero attached hydrogens (tertiary/aromatic N) is 3. The average Bonchev–Trinajstić information content (AvgIpc) is 2.83. The zero-order chi connectivity index (χ0) is 22.8. The lowest BCUT2D eigenvalue weighted by Gasteiger charge is -2.29. The zero-order valence-electron chi connectivity index (χ0n) is 17.1. The van der Waals surface area contributed by atoms with Crippen LogP contribution in [0.25, 0.3) is 17.1 Å². The first-order chi connectivity index (χ1) is 16.1. The van der Waals surface area contributed by atoms with Crippen molar-refractivity contribution in [1.29, 1.82) is 0 Å². The van der Waals surface area contributed by atoms with Crippen molar-refractivity contribution < 1.29 is 14.3 Å². The Kier molecular flexibility index (Phi) is 5.34. The van der Waals surface area contributed by atoms with Gasteiger partial charge >= 0.3 is 0 Å². The average molecular weight is 452 g/mol. The van der Waals surface area contributed by atoms with Crippen LogP contribution in [0.2, 0.25) is 0 Å². The van der Waals surface area contributed by atoms with Crippen LogP contribution in [0.1, 0.15) is 5.69 Å². The first kappa shape index (κ1) is 20.5. The third kappa shape index (κ3) is 4.19. The van der Waals surface area contributed by atoms with E-state index in [1.165, 1.54) is 17.2 Å². The second-order valence-corrected chi connectivity index (χ2v) is 7.54. The zero-order valence-corrected chi connectivity index (χ0v) is 18.0. The van der Waals surface area contributed by atoms with Gasteiger partial charge in [0.05, 0.1) is 28.6 Å². The van der Waals surface area contributed by atoms with Gasteiger partial charge in [-0.3, -0.25) is 24.8 Å². The summed E-state index contributed by atoms with van der Waals surface area (Å²) in [6, 6.07) is 23.6. The van der Waals surface area contributed by atoms with Crippen molar-refractivity contribution in [3.8, 4) is 11.5 Å². The van der Waals surface area contributed by atoms with Crippen LogP contribution in [0.15, 0.2) is 90.6 Å². The number of hydrogen-bond acceptors (Lipinski definition) is 6. The molecule has 4 aromatic rings. The van der Waals surface area contributed by atoms with Crippen molar-refractivity contribution in [3.05, 3.63) is 96.3 Å². The fourth-order valence-electron chi connectivity index (χ4n) is 3.37. The second-order valence-electron chi connectivity index (χ2n) is 7.15. The van der Waals surface area contributed by atoms with E-state index in [9.17, 15) is 9.59 Å². The van der Waals surface area contributed by atoms with E-state index < -0.39 is 11.8 Å². The van der Waals surface area contributed by atoms with Gasteiger partial charge in [0, 0.05) is 0 Å². The van der Waals surface area contributed by atoms with Gasteiger partial charge in [-0.25, -0.2) is 4.98 Å². The van der Waals surface area contributed by atoms with Crippen LogP contribution in [0.3, 0.4) is 0 Å². The molecule has 0 spiro atoms. The van der Waals surface area contributed by atoms with Crippen LogP contribution in [-0.4, -0.2) is 26.9 Å². The first-order valence-corrected chi connectivity index (χ1v) is 10.5. The van der Waals surface area contributed by atoms with Gasteiger partial charge in [0.25, 0.3) is 11.8 Å². The Balaban J connectivity index is 1.43. The largest absolute Gasteiger partial charge is 0.457 e. The molecule has 5 rings (SSSR count). The highest BCUT2D eigenvalue weighted by molar-refractivity contribution is 7.80. The van der Waals surface area contributed by atoms with Crippen molar-refractivity contribution in [1.82, 2.24) is 15.3 Å². The molecule has 0 bridgehead atoms. The molecule has 33 heavy (non-hydrogen) atoms. The Morgan fingerprint density at radius 3 is 2.27 bits per heavy atom. The highest BCUT2D eigenvalue weighted by atomic mass is 32.1. The van der Waals surface area contributed by atoms with E-state index in [-0.39, 0.29) is 10.7 Å². The van der Waals surface area contributed by atoms with Crippen molar-refractivity contribution in [3.63, 3.8) is 0 Å². The number of carbonyl (C=O) groups excluding carboxylic acids is 2. The lowest BCUT2D eigenvalue weighted by atomic mass is 10.1. The third-order valence-corrected chi connectivity index (χ3v) is 5.22. The van der Waals surface area contributed by atoms with E-state index in [0.29, 0.717) is 28.4 Å². The standard InChI is InChI=1S/C25H16N4O3S/c30-23-20(14-16-15-26-21-8-4-5-9-22(21)27-16)24(31)29(25(33)28-23)17-10-12-19(13-11-17)32-18-6-2-1-3-7-18/h1-15H,(H,28,30,33). The second kappa shape index (κ2) is 8.60. The monoisotopic (exact) mass is 452 g/mol. The smallest absolute Gasteiger partial charge is 0.270 e. The Morgan fingerprint density at radius 1 is 0.848 bits per heavy atom. The molecule has 0 radical (unpaired) electrons. The summed E-state index contributed by atoms with van der Waals surface area (Å²) < 4.78 is 5.79. The Morgan fingerprint density at radius 2 is 1.52 bits per heavy atom. The molecular weight excluding hydrogens is 436 g/mol. The maximum atomic E-state index is 13.2. The molecule has 0 unspecified atom stereocenters. The number of fused-ring (bicyclic) bond motifs is 1. The fraction of sp³-hybridized carbons (Fsp3) is 0. The molecule has 0 aliphatic carbocycles. The number of para-hydroxylation sites is 3. The summed E-state index contributed by atoms with van der Waals surface area (Å²) >= 11 is 5.27. The molecule has 8 heteroatoms. The molecule has 1 fully saturated rings. The molecule has 3 aromatic carbocycles. The lowest BCUT2D eigenvalue weighted by Crippen LogP contribution is -2.54. The van der Waals surface area contributed by atoms with Gasteiger partial charge in [-0.05, 0) is 66.8 Å². The maximum Gasteiger partial charge on any atom is 0.270 e. The predicted octanol–water partition coefficient (Wildman–Crippen LogP) is 4.25. The highest BCUT2D eigenvalue weighted by Gasteiger charge is 2.34. The molecule has 0 atom stereocenters. The third-order valence-electron chi connectivity index (χ3n) is 4.93. The summed E-state index contributed by atoms with van der Waals surface area (Å²) in [6.07, 6.45) is 2.93. The minimum Gasteiger partial charge on any atom is -0.457 e. The van der Waals surface area contributed by atoms with Crippen LogP contribution in [0.4, 0.5) is 5.69 Å². The highest BCUT2D eigenvalue weighted by Crippen LogP contribution is 2.27. The van der Waals surface area contributed by atoms with E-state index in [4.69, 9.17) is 17.0 Å². The molecule has 7 nitrogen and oxygen atoms in total. The molecule has 1 aliphatic rings. The molecular formula is C25H16N4O3S. The fourth-order valence-corrected chi connectivity index (χ4v) is 3.65.